The van der Waals surface area contributed by atoms with Gasteiger partial charge in [0.2, 0.25) is 0 Å². The van der Waals surface area contributed by atoms with Crippen LogP contribution < -0.4 is 5.32 Å². The molecule has 0 spiro atoms. The summed E-state index contributed by atoms with van der Waals surface area (Å²) in [6, 6.07) is 2.69. The number of nitrogens with zero attached hydrogens (tertiary/aromatic N) is 1. The molecule has 0 fully saturated rings. The summed E-state index contributed by atoms with van der Waals surface area (Å²) in [4.78, 5) is 11.7. The van der Waals surface area contributed by atoms with Crippen molar-refractivity contribution in [2.45, 2.75) is 38.6 Å². The van der Waals surface area contributed by atoms with Crippen LogP contribution in [0, 0.1) is 0 Å². The number of carbonyl (C=O) groups is 1. The summed E-state index contributed by atoms with van der Waals surface area (Å²) in [5.74, 6) is -0.621. The zero-order valence-electron chi connectivity index (χ0n) is 10.6. The second-order valence-electron chi connectivity index (χ2n) is 4.29. The van der Waals surface area contributed by atoms with Crippen molar-refractivity contribution in [3.8, 4) is 0 Å². The van der Waals surface area contributed by atoms with Gasteiger partial charge in [-0.15, -0.1) is 0 Å². The molecule has 1 aromatic rings. The Morgan fingerprint density at radius 3 is 2.79 bits per heavy atom. The molecule has 2 N–H and O–H groups in total. The number of rotatable bonds is 6. The van der Waals surface area contributed by atoms with Crippen LogP contribution in [0.5, 0.6) is 0 Å². The molecule has 1 aromatic heterocycles. The van der Waals surface area contributed by atoms with E-state index in [4.69, 9.17) is 0 Å². The Balaban J connectivity index is 2.60. The summed E-state index contributed by atoms with van der Waals surface area (Å²) < 4.78 is 37.7. The lowest BCUT2D eigenvalue weighted by Crippen LogP contribution is -2.34. The van der Waals surface area contributed by atoms with Crippen molar-refractivity contribution in [1.29, 1.82) is 0 Å². The number of aliphatic hydroxyl groups excluding tert-OH is 1. The van der Waals surface area contributed by atoms with Crippen LogP contribution in [0.15, 0.2) is 18.3 Å². The molecule has 108 valence electrons. The van der Waals surface area contributed by atoms with Gasteiger partial charge < -0.3 is 15.0 Å². The molecule has 19 heavy (non-hydrogen) atoms. The van der Waals surface area contributed by atoms with Crippen LogP contribution in [-0.2, 0) is 6.54 Å². The topological polar surface area (TPSA) is 54.3 Å². The lowest BCUT2D eigenvalue weighted by Gasteiger charge is -2.13. The van der Waals surface area contributed by atoms with E-state index in [1.807, 2.05) is 6.92 Å². The molecule has 7 heteroatoms. The standard InChI is InChI=1S/C12H17F3N2O2/c1-2-4-9(18)7-16-11(19)10-5-3-6-17(10)8-12(13,14)15/h3,5-6,9,18H,2,4,7-8H2,1H3,(H,16,19). The Bertz CT molecular complexity index is 415. The lowest BCUT2D eigenvalue weighted by atomic mass is 10.2. The molecule has 0 aliphatic carbocycles. The Hall–Kier alpha value is -1.50. The zero-order chi connectivity index (χ0) is 14.5. The monoisotopic (exact) mass is 278 g/mol. The van der Waals surface area contributed by atoms with E-state index in [2.05, 4.69) is 5.32 Å². The highest BCUT2D eigenvalue weighted by Crippen LogP contribution is 2.18. The Morgan fingerprint density at radius 1 is 1.53 bits per heavy atom. The number of halogens is 3. The number of alkyl halides is 3. The number of aliphatic hydroxyl groups is 1. The van der Waals surface area contributed by atoms with Gasteiger partial charge in [0, 0.05) is 12.7 Å². The second kappa shape index (κ2) is 6.60. The molecule has 1 rings (SSSR count). The van der Waals surface area contributed by atoms with Crippen molar-refractivity contribution < 1.29 is 23.1 Å². The Labute approximate surface area is 109 Å². The molecule has 1 amide bonds. The first-order valence-electron chi connectivity index (χ1n) is 6.01. The van der Waals surface area contributed by atoms with Gasteiger partial charge in [-0.1, -0.05) is 13.3 Å². The fourth-order valence-corrected chi connectivity index (χ4v) is 1.69. The highest BCUT2D eigenvalue weighted by Gasteiger charge is 2.29. The first-order valence-corrected chi connectivity index (χ1v) is 6.01. The van der Waals surface area contributed by atoms with Gasteiger partial charge in [-0.25, -0.2) is 0 Å². The molecule has 0 radical (unpaired) electrons. The molecule has 0 aliphatic rings. The summed E-state index contributed by atoms with van der Waals surface area (Å²) in [7, 11) is 0. The van der Waals surface area contributed by atoms with Crippen LogP contribution in [0.3, 0.4) is 0 Å². The highest BCUT2D eigenvalue weighted by atomic mass is 19.4. The summed E-state index contributed by atoms with van der Waals surface area (Å²) in [6.07, 6.45) is -2.56. The molecule has 0 saturated heterocycles. The smallest absolute Gasteiger partial charge is 0.391 e. The summed E-state index contributed by atoms with van der Waals surface area (Å²) in [5.41, 5.74) is -0.0685. The summed E-state index contributed by atoms with van der Waals surface area (Å²) >= 11 is 0. The van der Waals surface area contributed by atoms with Crippen LogP contribution in [0.4, 0.5) is 13.2 Å². The molecule has 4 nitrogen and oxygen atoms in total. The van der Waals surface area contributed by atoms with E-state index in [9.17, 15) is 23.1 Å². The maximum Gasteiger partial charge on any atom is 0.406 e. The first-order chi connectivity index (χ1) is 8.83. The van der Waals surface area contributed by atoms with Crippen molar-refractivity contribution in [3.63, 3.8) is 0 Å². The fraction of sp³-hybridized carbons (Fsp3) is 0.583. The van der Waals surface area contributed by atoms with E-state index < -0.39 is 24.7 Å². The van der Waals surface area contributed by atoms with Crippen LogP contribution >= 0.6 is 0 Å². The normalized spacial score (nSPS) is 13.3. The molecule has 1 atom stereocenters. The number of carbonyl (C=O) groups excluding carboxylic acids is 1. The average molecular weight is 278 g/mol. The molecular weight excluding hydrogens is 261 g/mol. The lowest BCUT2D eigenvalue weighted by molar-refractivity contribution is -0.140. The van der Waals surface area contributed by atoms with Gasteiger partial charge in [0.05, 0.1) is 6.10 Å². The number of amides is 1. The molecule has 1 unspecified atom stereocenters. The second-order valence-corrected chi connectivity index (χ2v) is 4.29. The number of aromatic nitrogens is 1. The highest BCUT2D eigenvalue weighted by molar-refractivity contribution is 5.92. The van der Waals surface area contributed by atoms with Crippen LogP contribution in [0.2, 0.25) is 0 Å². The van der Waals surface area contributed by atoms with Crippen molar-refractivity contribution in [2.24, 2.45) is 0 Å². The van der Waals surface area contributed by atoms with E-state index in [0.29, 0.717) is 6.42 Å². The molecular formula is C12H17F3N2O2. The predicted molar refractivity (Wildman–Crippen MR) is 63.7 cm³/mol. The predicted octanol–water partition coefficient (Wildman–Crippen LogP) is 1.94. The van der Waals surface area contributed by atoms with Crippen molar-refractivity contribution >= 4 is 5.91 Å². The minimum absolute atomic E-state index is 0.0316. The summed E-state index contributed by atoms with van der Waals surface area (Å²) in [5, 5.41) is 11.9. The van der Waals surface area contributed by atoms with Crippen LogP contribution in [-0.4, -0.2) is 34.4 Å². The molecule has 1 heterocycles. The van der Waals surface area contributed by atoms with Gasteiger partial charge in [-0.2, -0.15) is 13.2 Å². The average Bonchev–Trinajstić information content (AvgIpc) is 2.72. The van der Waals surface area contributed by atoms with Crippen LogP contribution in [0.25, 0.3) is 0 Å². The third-order valence-electron chi connectivity index (χ3n) is 2.53. The van der Waals surface area contributed by atoms with E-state index in [-0.39, 0.29) is 12.2 Å². The van der Waals surface area contributed by atoms with Crippen molar-refractivity contribution in [1.82, 2.24) is 9.88 Å². The minimum Gasteiger partial charge on any atom is -0.391 e. The van der Waals surface area contributed by atoms with E-state index in [1.54, 1.807) is 0 Å². The largest absolute Gasteiger partial charge is 0.406 e. The third kappa shape index (κ3) is 5.34. The Kier molecular flexibility index (Phi) is 5.41. The van der Waals surface area contributed by atoms with Gasteiger partial charge in [0.25, 0.3) is 5.91 Å². The van der Waals surface area contributed by atoms with Crippen molar-refractivity contribution in [3.05, 3.63) is 24.0 Å². The quantitative estimate of drug-likeness (QED) is 0.835. The van der Waals surface area contributed by atoms with E-state index in [1.165, 1.54) is 18.3 Å². The fourth-order valence-electron chi connectivity index (χ4n) is 1.69. The minimum atomic E-state index is -4.38. The zero-order valence-corrected chi connectivity index (χ0v) is 10.6. The molecule has 0 bridgehead atoms. The van der Waals surface area contributed by atoms with Gasteiger partial charge >= 0.3 is 6.18 Å². The SMILES string of the molecule is CCCC(O)CNC(=O)c1cccn1CC(F)(F)F. The van der Waals surface area contributed by atoms with Crippen LogP contribution in [0.1, 0.15) is 30.3 Å². The Morgan fingerprint density at radius 2 is 2.21 bits per heavy atom. The number of nitrogens with one attached hydrogen (secondary N) is 1. The summed E-state index contributed by atoms with van der Waals surface area (Å²) in [6.45, 7) is 0.712. The first kappa shape index (κ1) is 15.6. The van der Waals surface area contributed by atoms with Gasteiger partial charge in [-0.05, 0) is 18.6 Å². The maximum atomic E-state index is 12.3. The molecule has 0 aliphatic heterocycles. The number of hydrogen-bond acceptors (Lipinski definition) is 2. The van der Waals surface area contributed by atoms with Gasteiger partial charge in [0.15, 0.2) is 0 Å². The third-order valence-corrected chi connectivity index (χ3v) is 2.53. The van der Waals surface area contributed by atoms with Crippen molar-refractivity contribution in [2.75, 3.05) is 6.54 Å². The molecule has 0 saturated carbocycles. The van der Waals surface area contributed by atoms with Gasteiger partial charge in [0.1, 0.15) is 12.2 Å². The van der Waals surface area contributed by atoms with E-state index in [0.717, 1.165) is 11.0 Å². The van der Waals surface area contributed by atoms with E-state index >= 15 is 0 Å². The van der Waals surface area contributed by atoms with Gasteiger partial charge in [-0.3, -0.25) is 4.79 Å². The molecule has 0 aromatic carbocycles. The number of hydrogen-bond donors (Lipinski definition) is 2. The maximum absolute atomic E-state index is 12.3.